The maximum atomic E-state index is 13.0. The van der Waals surface area contributed by atoms with Crippen molar-refractivity contribution >= 4 is 57.8 Å². The highest BCUT2D eigenvalue weighted by Gasteiger charge is 2.32. The van der Waals surface area contributed by atoms with E-state index in [1.807, 2.05) is 61.5 Å². The summed E-state index contributed by atoms with van der Waals surface area (Å²) in [5.74, 6) is 0.586. The molecule has 1 aromatic heterocycles. The summed E-state index contributed by atoms with van der Waals surface area (Å²) < 4.78 is 6.02. The minimum atomic E-state index is -0.103. The van der Waals surface area contributed by atoms with Crippen LogP contribution in [0.15, 0.2) is 76.9 Å². The number of aliphatic imine (C=N–C) groups is 1. The highest BCUT2D eigenvalue weighted by molar-refractivity contribution is 8.18. The van der Waals surface area contributed by atoms with Gasteiger partial charge in [0.2, 0.25) is 0 Å². The Kier molecular flexibility index (Phi) is 7.15. The van der Waals surface area contributed by atoms with Gasteiger partial charge in [0.1, 0.15) is 12.4 Å². The first-order chi connectivity index (χ1) is 15.5. The Morgan fingerprint density at radius 3 is 2.66 bits per heavy atom. The molecule has 0 aliphatic carbocycles. The molecule has 8 heteroatoms. The van der Waals surface area contributed by atoms with Gasteiger partial charge in [-0.25, -0.2) is 4.99 Å². The second-order valence-corrected chi connectivity index (χ2v) is 8.69. The van der Waals surface area contributed by atoms with Gasteiger partial charge >= 0.3 is 0 Å². The third kappa shape index (κ3) is 5.15. The molecule has 1 fully saturated rings. The number of aromatic nitrogens is 1. The van der Waals surface area contributed by atoms with Crippen LogP contribution in [-0.2, 0) is 11.4 Å². The van der Waals surface area contributed by atoms with Crippen LogP contribution in [0.3, 0.4) is 0 Å². The summed E-state index contributed by atoms with van der Waals surface area (Å²) in [6.45, 7) is 2.81. The lowest BCUT2D eigenvalue weighted by atomic mass is 10.1. The molecule has 1 aliphatic heterocycles. The van der Waals surface area contributed by atoms with E-state index in [4.69, 9.17) is 27.9 Å². The molecule has 3 aromatic rings. The number of rotatable bonds is 6. The number of likely N-dealkylation sites (N-methyl/N-ethyl adjacent to an activating group) is 1. The van der Waals surface area contributed by atoms with Crippen LogP contribution >= 0.6 is 35.0 Å². The normalized spacial score (nSPS) is 16.2. The molecule has 0 N–H and O–H groups in total. The molecule has 32 heavy (non-hydrogen) atoms. The summed E-state index contributed by atoms with van der Waals surface area (Å²) in [5, 5.41) is 1.69. The Balaban J connectivity index is 1.59. The molecule has 0 bridgehead atoms. The predicted molar refractivity (Wildman–Crippen MR) is 132 cm³/mol. The van der Waals surface area contributed by atoms with E-state index in [9.17, 15) is 4.79 Å². The number of hydrogen-bond acceptors (Lipinski definition) is 5. The third-order valence-electron chi connectivity index (χ3n) is 4.68. The van der Waals surface area contributed by atoms with Crippen molar-refractivity contribution in [2.24, 2.45) is 4.99 Å². The number of hydrogen-bond donors (Lipinski definition) is 0. The van der Waals surface area contributed by atoms with Gasteiger partial charge in [0.15, 0.2) is 5.17 Å². The van der Waals surface area contributed by atoms with Gasteiger partial charge < -0.3 is 4.74 Å². The van der Waals surface area contributed by atoms with E-state index < -0.39 is 0 Å². The number of thioether (sulfide) groups is 1. The van der Waals surface area contributed by atoms with Gasteiger partial charge in [0.25, 0.3) is 5.91 Å². The van der Waals surface area contributed by atoms with Crippen LogP contribution in [0.2, 0.25) is 10.0 Å². The maximum absolute atomic E-state index is 13.0. The molecule has 0 spiro atoms. The second-order valence-electron chi connectivity index (χ2n) is 6.83. The molecule has 4 rings (SSSR count). The summed E-state index contributed by atoms with van der Waals surface area (Å²) in [6.07, 6.45) is 4.99. The SMILES string of the molecule is CCN1C(=O)/C(=C/c2ccccc2OCc2ccc(Cl)cc2)SC1=Nc1ccncc1Cl. The number of pyridine rings is 1. The monoisotopic (exact) mass is 483 g/mol. The molecule has 0 saturated carbocycles. The van der Waals surface area contributed by atoms with Crippen LogP contribution < -0.4 is 4.74 Å². The van der Waals surface area contributed by atoms with Gasteiger partial charge in [-0.2, -0.15) is 0 Å². The van der Waals surface area contributed by atoms with Gasteiger partial charge in [-0.05, 0) is 54.6 Å². The largest absolute Gasteiger partial charge is 0.488 e. The molecule has 162 valence electrons. The van der Waals surface area contributed by atoms with Crippen molar-refractivity contribution in [3.63, 3.8) is 0 Å². The van der Waals surface area contributed by atoms with Crippen LogP contribution in [-0.4, -0.2) is 27.5 Å². The van der Waals surface area contributed by atoms with E-state index in [0.717, 1.165) is 11.1 Å². The molecule has 0 atom stereocenters. The van der Waals surface area contributed by atoms with E-state index >= 15 is 0 Å². The Morgan fingerprint density at radius 1 is 1.12 bits per heavy atom. The number of halogens is 2. The van der Waals surface area contributed by atoms with Gasteiger partial charge in [-0.1, -0.05) is 53.5 Å². The van der Waals surface area contributed by atoms with E-state index in [2.05, 4.69) is 9.98 Å². The standard InChI is InChI=1S/C24H19Cl2N3O2S/c1-2-29-23(30)22(32-24(29)28-20-11-12-27-14-19(20)26)13-17-5-3-4-6-21(17)31-15-16-7-9-18(25)10-8-16/h3-14H,2,15H2,1H3/b22-13-,28-24?. The molecule has 2 aromatic carbocycles. The number of carbonyl (C=O) groups excluding carboxylic acids is 1. The molecule has 1 saturated heterocycles. The lowest BCUT2D eigenvalue weighted by molar-refractivity contribution is -0.122. The second kappa shape index (κ2) is 10.2. The van der Waals surface area contributed by atoms with Crippen molar-refractivity contribution in [2.75, 3.05) is 6.54 Å². The van der Waals surface area contributed by atoms with Gasteiger partial charge in [0.05, 0.1) is 15.6 Å². The summed E-state index contributed by atoms with van der Waals surface area (Å²) in [6, 6.07) is 16.8. The number of amidine groups is 1. The topological polar surface area (TPSA) is 54.8 Å². The molecule has 1 aliphatic rings. The number of para-hydroxylation sites is 1. The Labute approximate surface area is 200 Å². The highest BCUT2D eigenvalue weighted by Crippen LogP contribution is 2.36. The summed E-state index contributed by atoms with van der Waals surface area (Å²) in [7, 11) is 0. The molecule has 5 nitrogen and oxygen atoms in total. The van der Waals surface area contributed by atoms with Crippen molar-refractivity contribution < 1.29 is 9.53 Å². The number of benzene rings is 2. The molecule has 1 amide bonds. The van der Waals surface area contributed by atoms with Crippen LogP contribution in [0.25, 0.3) is 6.08 Å². The zero-order valence-electron chi connectivity index (χ0n) is 17.2. The fourth-order valence-corrected chi connectivity index (χ4v) is 4.38. The predicted octanol–water partition coefficient (Wildman–Crippen LogP) is 6.59. The molecular weight excluding hydrogens is 465 g/mol. The number of nitrogens with zero attached hydrogens (tertiary/aromatic N) is 3. The minimum Gasteiger partial charge on any atom is -0.488 e. The molecule has 2 heterocycles. The van der Waals surface area contributed by atoms with Crippen LogP contribution in [0, 0.1) is 0 Å². The van der Waals surface area contributed by atoms with E-state index in [0.29, 0.717) is 44.7 Å². The smallest absolute Gasteiger partial charge is 0.266 e. The fraction of sp³-hybridized carbons (Fsp3) is 0.125. The summed E-state index contributed by atoms with van der Waals surface area (Å²) in [5.41, 5.74) is 2.39. The molecular formula is C24H19Cl2N3O2S. The van der Waals surface area contributed by atoms with Crippen molar-refractivity contribution in [1.29, 1.82) is 0 Å². The number of carbonyl (C=O) groups is 1. The zero-order valence-corrected chi connectivity index (χ0v) is 19.5. The Bertz CT molecular complexity index is 1200. The number of amides is 1. The van der Waals surface area contributed by atoms with Crippen molar-refractivity contribution in [1.82, 2.24) is 9.88 Å². The lowest BCUT2D eigenvalue weighted by Crippen LogP contribution is -2.28. The third-order valence-corrected chi connectivity index (χ3v) is 6.23. The summed E-state index contributed by atoms with van der Waals surface area (Å²) in [4.78, 5) is 23.8. The molecule has 0 radical (unpaired) electrons. The fourth-order valence-electron chi connectivity index (χ4n) is 3.05. The van der Waals surface area contributed by atoms with Crippen molar-refractivity contribution in [3.05, 3.63) is 93.1 Å². The molecule has 0 unspecified atom stereocenters. The first-order valence-corrected chi connectivity index (χ1v) is 11.5. The zero-order chi connectivity index (χ0) is 22.5. The quantitative estimate of drug-likeness (QED) is 0.371. The first kappa shape index (κ1) is 22.4. The van der Waals surface area contributed by atoms with E-state index in [1.54, 1.807) is 17.2 Å². The van der Waals surface area contributed by atoms with Gasteiger partial charge in [-0.15, -0.1) is 0 Å². The summed E-state index contributed by atoms with van der Waals surface area (Å²) >= 11 is 13.5. The van der Waals surface area contributed by atoms with Crippen molar-refractivity contribution in [3.8, 4) is 5.75 Å². The minimum absolute atomic E-state index is 0.103. The Morgan fingerprint density at radius 2 is 1.91 bits per heavy atom. The average molecular weight is 484 g/mol. The van der Waals surface area contributed by atoms with Crippen molar-refractivity contribution in [2.45, 2.75) is 13.5 Å². The maximum Gasteiger partial charge on any atom is 0.266 e. The van der Waals surface area contributed by atoms with Gasteiger partial charge in [0, 0.05) is 29.5 Å². The van der Waals surface area contributed by atoms with Crippen LogP contribution in [0.1, 0.15) is 18.1 Å². The first-order valence-electron chi connectivity index (χ1n) is 9.91. The Hall–Kier alpha value is -2.80. The van der Waals surface area contributed by atoms with Crippen LogP contribution in [0.4, 0.5) is 5.69 Å². The van der Waals surface area contributed by atoms with Crippen LogP contribution in [0.5, 0.6) is 5.75 Å². The van der Waals surface area contributed by atoms with E-state index in [-0.39, 0.29) is 5.91 Å². The highest BCUT2D eigenvalue weighted by atomic mass is 35.5. The average Bonchev–Trinajstić information content (AvgIpc) is 3.09. The van der Waals surface area contributed by atoms with Gasteiger partial charge in [-0.3, -0.25) is 14.7 Å². The lowest BCUT2D eigenvalue weighted by Gasteiger charge is -2.12. The number of ether oxygens (including phenoxy) is 1. The van der Waals surface area contributed by atoms with E-state index in [1.165, 1.54) is 18.0 Å².